The average Bonchev–Trinajstić information content (AvgIpc) is 1.79. The van der Waals surface area contributed by atoms with Crippen LogP contribution in [0.3, 0.4) is 0 Å². The average molecular weight is 340 g/mol. The fraction of sp³-hybridized carbons (Fsp3) is 1.00. The molecule has 0 spiro atoms. The Hall–Kier alpha value is 0.370. The zero-order chi connectivity index (χ0) is 11.8. The van der Waals surface area contributed by atoms with E-state index in [-0.39, 0.29) is 25.8 Å². The van der Waals surface area contributed by atoms with Gasteiger partial charge in [-0.05, 0) is 14.1 Å². The van der Waals surface area contributed by atoms with Crippen molar-refractivity contribution in [1.82, 2.24) is 4.90 Å². The number of alkyl halides is 6. The van der Waals surface area contributed by atoms with E-state index in [9.17, 15) is 26.3 Å². The molecule has 0 aromatic rings. The van der Waals surface area contributed by atoms with Gasteiger partial charge in [-0.1, -0.05) is 0 Å². The van der Waals surface area contributed by atoms with Crippen molar-refractivity contribution in [2.75, 3.05) is 20.6 Å². The van der Waals surface area contributed by atoms with Crippen LogP contribution in [0.15, 0.2) is 0 Å². The van der Waals surface area contributed by atoms with Crippen LogP contribution in [0.25, 0.3) is 0 Å². The van der Waals surface area contributed by atoms with E-state index in [1.54, 1.807) is 0 Å². The summed E-state index contributed by atoms with van der Waals surface area (Å²) in [6.45, 7) is -1.56. The first-order valence-corrected chi connectivity index (χ1v) is 3.42. The molecule has 0 aliphatic rings. The van der Waals surface area contributed by atoms with Crippen molar-refractivity contribution in [2.45, 2.75) is 18.0 Å². The molecule has 2 nitrogen and oxygen atoms in total. The summed E-state index contributed by atoms with van der Waals surface area (Å²) >= 11 is 0. The van der Waals surface area contributed by atoms with Crippen LogP contribution in [0.5, 0.6) is 0 Å². The topological polar surface area (TPSA) is 23.5 Å². The Morgan fingerprint density at radius 2 is 1.20 bits per heavy atom. The van der Waals surface area contributed by atoms with Crippen molar-refractivity contribution < 1.29 is 31.4 Å². The fourth-order valence-electron chi connectivity index (χ4n) is 0.798. The molecule has 0 atom stereocenters. The Labute approximate surface area is 101 Å². The molecule has 15 heavy (non-hydrogen) atoms. The largest absolute Gasteiger partial charge is 0.427 e. The van der Waals surface area contributed by atoms with Gasteiger partial charge in [-0.15, -0.1) is 0 Å². The molecular weight excluding hydrogens is 331 g/mol. The molecule has 1 N–H and O–H groups in total. The van der Waals surface area contributed by atoms with E-state index in [0.29, 0.717) is 4.90 Å². The molecule has 0 bridgehead atoms. The second-order valence-electron chi connectivity index (χ2n) is 3.09. The SMILES string of the molecule is CN(C)CC(O)(C(F)(F)F)C(F)(F)F.[In]. The molecule has 0 saturated heterocycles. The van der Waals surface area contributed by atoms with Gasteiger partial charge in [-0.25, -0.2) is 0 Å². The predicted octanol–water partition coefficient (Wildman–Crippen LogP) is 1.02. The molecule has 9 heteroatoms. The van der Waals surface area contributed by atoms with Crippen LogP contribution in [0.4, 0.5) is 26.3 Å². The van der Waals surface area contributed by atoms with Gasteiger partial charge in [-0.2, -0.15) is 26.3 Å². The van der Waals surface area contributed by atoms with Crippen LogP contribution in [0.2, 0.25) is 0 Å². The van der Waals surface area contributed by atoms with Crippen LogP contribution in [-0.4, -0.2) is 74.4 Å². The van der Waals surface area contributed by atoms with E-state index in [1.807, 2.05) is 0 Å². The van der Waals surface area contributed by atoms with E-state index >= 15 is 0 Å². The van der Waals surface area contributed by atoms with E-state index in [2.05, 4.69) is 0 Å². The molecule has 0 fully saturated rings. The fourth-order valence-corrected chi connectivity index (χ4v) is 0.798. The number of nitrogens with zero attached hydrogens (tertiary/aromatic N) is 1. The quantitative estimate of drug-likeness (QED) is 0.759. The van der Waals surface area contributed by atoms with Crippen LogP contribution in [-0.2, 0) is 0 Å². The van der Waals surface area contributed by atoms with E-state index < -0.39 is 24.5 Å². The van der Waals surface area contributed by atoms with Crippen LogP contribution >= 0.6 is 0 Å². The smallest absolute Gasteiger partial charge is 0.373 e. The van der Waals surface area contributed by atoms with Crippen LogP contribution in [0.1, 0.15) is 0 Å². The summed E-state index contributed by atoms with van der Waals surface area (Å²) < 4.78 is 71.8. The first-order valence-electron chi connectivity index (χ1n) is 3.42. The number of halogens is 6. The monoisotopic (exact) mass is 340 g/mol. The van der Waals surface area contributed by atoms with Crippen molar-refractivity contribution >= 4 is 25.8 Å². The Morgan fingerprint density at radius 1 is 0.933 bits per heavy atom. The third-order valence-corrected chi connectivity index (χ3v) is 1.48. The van der Waals surface area contributed by atoms with Gasteiger partial charge in [0.2, 0.25) is 0 Å². The minimum absolute atomic E-state index is 0. The van der Waals surface area contributed by atoms with Crippen molar-refractivity contribution in [2.24, 2.45) is 0 Å². The number of likely N-dealkylation sites (N-methyl/N-ethyl adjacent to an activating group) is 1. The molecule has 0 aromatic heterocycles. The second kappa shape index (κ2) is 5.13. The summed E-state index contributed by atoms with van der Waals surface area (Å²) in [5, 5.41) is 8.56. The van der Waals surface area contributed by atoms with Gasteiger partial charge in [-0.3, -0.25) is 0 Å². The zero-order valence-corrected chi connectivity index (χ0v) is 11.2. The molecule has 0 aliphatic heterocycles. The van der Waals surface area contributed by atoms with Gasteiger partial charge in [0.15, 0.2) is 0 Å². The van der Waals surface area contributed by atoms with E-state index in [0.717, 1.165) is 14.1 Å². The molecule has 0 aliphatic carbocycles. The Morgan fingerprint density at radius 3 is 1.27 bits per heavy atom. The Kier molecular flexibility index (Phi) is 6.08. The van der Waals surface area contributed by atoms with Crippen molar-refractivity contribution in [3.05, 3.63) is 0 Å². The molecule has 89 valence electrons. The molecule has 0 heterocycles. The summed E-state index contributed by atoms with van der Waals surface area (Å²) in [7, 11) is 2.00. The molecule has 0 aromatic carbocycles. The summed E-state index contributed by atoms with van der Waals surface area (Å²) in [6, 6.07) is 0. The molecule has 0 amide bonds. The number of aliphatic hydroxyl groups is 1. The van der Waals surface area contributed by atoms with Crippen LogP contribution < -0.4 is 0 Å². The summed E-state index contributed by atoms with van der Waals surface area (Å²) in [5.74, 6) is 0. The summed E-state index contributed by atoms with van der Waals surface area (Å²) in [4.78, 5) is 0.612. The van der Waals surface area contributed by atoms with Crippen molar-refractivity contribution in [1.29, 1.82) is 0 Å². The summed E-state index contributed by atoms with van der Waals surface area (Å²) in [6.07, 6.45) is -11.5. The van der Waals surface area contributed by atoms with Gasteiger partial charge < -0.3 is 10.0 Å². The molecule has 0 saturated carbocycles. The predicted molar refractivity (Wildman–Crippen MR) is 41.4 cm³/mol. The first kappa shape index (κ1) is 17.8. The van der Waals surface area contributed by atoms with E-state index in [1.165, 1.54) is 0 Å². The number of hydrogen-bond acceptors (Lipinski definition) is 2. The third kappa shape index (κ3) is 4.03. The Bertz CT molecular complexity index is 187. The normalized spacial score (nSPS) is 14.0. The molecular formula is C6H9F6InNO. The van der Waals surface area contributed by atoms with Gasteiger partial charge in [0, 0.05) is 32.4 Å². The maximum Gasteiger partial charge on any atom is 0.427 e. The van der Waals surface area contributed by atoms with Crippen LogP contribution in [0, 0.1) is 0 Å². The Balaban J connectivity index is 0. The first-order chi connectivity index (χ1) is 5.92. The standard InChI is InChI=1S/C6H9F6NO.In/c1-13(2)3-4(14,5(7,8)9)6(10,11)12;/h14H,3H2,1-2H3;. The minimum Gasteiger partial charge on any atom is -0.373 e. The molecule has 0 rings (SSSR count). The van der Waals surface area contributed by atoms with Gasteiger partial charge in [0.05, 0.1) is 0 Å². The zero-order valence-electron chi connectivity index (χ0n) is 7.95. The van der Waals surface area contributed by atoms with Crippen molar-refractivity contribution in [3.8, 4) is 0 Å². The molecule has 0 unspecified atom stereocenters. The maximum atomic E-state index is 12.0. The van der Waals surface area contributed by atoms with E-state index in [4.69, 9.17) is 5.11 Å². The number of rotatable bonds is 2. The van der Waals surface area contributed by atoms with Gasteiger partial charge >= 0.3 is 12.4 Å². The van der Waals surface area contributed by atoms with Gasteiger partial charge in [0.25, 0.3) is 5.60 Å². The summed E-state index contributed by atoms with van der Waals surface area (Å²) in [5.41, 5.74) is -4.68. The third-order valence-electron chi connectivity index (χ3n) is 1.48. The maximum absolute atomic E-state index is 12.0. The van der Waals surface area contributed by atoms with Gasteiger partial charge in [0.1, 0.15) is 0 Å². The van der Waals surface area contributed by atoms with Crippen molar-refractivity contribution in [3.63, 3.8) is 0 Å². The molecule has 3 radical (unpaired) electrons. The second-order valence-corrected chi connectivity index (χ2v) is 3.09. The minimum atomic E-state index is -5.74. The number of hydrogen-bond donors (Lipinski definition) is 1.